The van der Waals surface area contributed by atoms with Crippen molar-refractivity contribution in [1.29, 1.82) is 0 Å². The lowest BCUT2D eigenvalue weighted by Gasteiger charge is -2.34. The van der Waals surface area contributed by atoms with Gasteiger partial charge in [0.25, 0.3) is 5.69 Å². The number of piperazine rings is 1. The number of non-ortho nitro benzene ring substituents is 1. The molecule has 1 aliphatic heterocycles. The van der Waals surface area contributed by atoms with Crippen molar-refractivity contribution in [2.75, 3.05) is 44.7 Å². The Balaban J connectivity index is 1.31. The van der Waals surface area contributed by atoms with Crippen molar-refractivity contribution in [1.82, 2.24) is 25.0 Å². The molecule has 4 rings (SSSR count). The van der Waals surface area contributed by atoms with Crippen LogP contribution in [-0.4, -0.2) is 84.4 Å². The Morgan fingerprint density at radius 1 is 1.08 bits per heavy atom. The molecule has 0 aliphatic carbocycles. The molecule has 38 heavy (non-hydrogen) atoms. The molecule has 0 saturated carbocycles. The van der Waals surface area contributed by atoms with E-state index in [-0.39, 0.29) is 17.3 Å². The SMILES string of the molecule is BNCC(=O)N(C)Cc1cccc(-c2cnc(N3CCN(C(=O)Oc4ccc([N+](=O)[O-])cc4)CC3)nc2)c1. The second-order valence-corrected chi connectivity index (χ2v) is 8.85. The van der Waals surface area contributed by atoms with Crippen LogP contribution >= 0.6 is 0 Å². The van der Waals surface area contributed by atoms with Crippen molar-refractivity contribution in [3.8, 4) is 16.9 Å². The molecule has 13 heteroatoms. The Bertz CT molecular complexity index is 1280. The third-order valence-electron chi connectivity index (χ3n) is 6.15. The lowest BCUT2D eigenvalue weighted by atomic mass is 10.1. The van der Waals surface area contributed by atoms with E-state index in [2.05, 4.69) is 15.2 Å². The van der Waals surface area contributed by atoms with E-state index in [1.54, 1.807) is 37.2 Å². The summed E-state index contributed by atoms with van der Waals surface area (Å²) in [6.45, 7) is 2.73. The molecule has 2 aromatic carbocycles. The molecule has 0 unspecified atom stereocenters. The molecule has 196 valence electrons. The van der Waals surface area contributed by atoms with Crippen molar-refractivity contribution in [2.24, 2.45) is 0 Å². The number of nitro groups is 1. The van der Waals surface area contributed by atoms with E-state index in [0.29, 0.717) is 45.2 Å². The summed E-state index contributed by atoms with van der Waals surface area (Å²) in [6, 6.07) is 13.3. The molecule has 0 bridgehead atoms. The normalized spacial score (nSPS) is 13.2. The van der Waals surface area contributed by atoms with E-state index in [1.807, 2.05) is 29.2 Å². The number of likely N-dealkylation sites (N-methyl/N-ethyl adjacent to an activating group) is 1. The third-order valence-corrected chi connectivity index (χ3v) is 6.15. The first-order valence-electron chi connectivity index (χ1n) is 12.1. The van der Waals surface area contributed by atoms with Crippen molar-refractivity contribution in [3.63, 3.8) is 0 Å². The van der Waals surface area contributed by atoms with Gasteiger partial charge in [-0.3, -0.25) is 14.9 Å². The Hall–Kier alpha value is -4.52. The van der Waals surface area contributed by atoms with Crippen LogP contribution < -0.4 is 14.9 Å². The van der Waals surface area contributed by atoms with Gasteiger partial charge in [-0.1, -0.05) is 18.2 Å². The quantitative estimate of drug-likeness (QED) is 0.268. The number of anilines is 1. The number of benzene rings is 2. The number of amides is 2. The van der Waals surface area contributed by atoms with E-state index in [9.17, 15) is 19.7 Å². The number of nitrogens with one attached hydrogen (secondary N) is 1. The fraction of sp³-hybridized carbons (Fsp3) is 0.280. The van der Waals surface area contributed by atoms with Crippen molar-refractivity contribution in [2.45, 2.75) is 6.54 Å². The predicted octanol–water partition coefficient (Wildman–Crippen LogP) is 1.47. The largest absolute Gasteiger partial charge is 0.415 e. The lowest BCUT2D eigenvalue weighted by molar-refractivity contribution is -0.384. The van der Waals surface area contributed by atoms with Gasteiger partial charge < -0.3 is 24.7 Å². The first-order chi connectivity index (χ1) is 18.3. The Morgan fingerprint density at radius 3 is 2.39 bits per heavy atom. The molecule has 1 aliphatic rings. The zero-order valence-electron chi connectivity index (χ0n) is 21.2. The van der Waals surface area contributed by atoms with Crippen LogP contribution in [0, 0.1) is 10.1 Å². The summed E-state index contributed by atoms with van der Waals surface area (Å²) in [5, 5.41) is 13.6. The molecule has 2 amide bonds. The summed E-state index contributed by atoms with van der Waals surface area (Å²) in [7, 11) is 3.52. The summed E-state index contributed by atoms with van der Waals surface area (Å²) in [5.74, 6) is 0.846. The highest BCUT2D eigenvalue weighted by molar-refractivity contribution is 6.06. The predicted molar refractivity (Wildman–Crippen MR) is 143 cm³/mol. The highest BCUT2D eigenvalue weighted by atomic mass is 16.6. The molecule has 1 aromatic heterocycles. The third kappa shape index (κ3) is 6.62. The number of carbonyl (C=O) groups excluding carboxylic acids is 2. The minimum Gasteiger partial charge on any atom is -0.410 e. The molecule has 12 nitrogen and oxygen atoms in total. The van der Waals surface area contributed by atoms with E-state index in [4.69, 9.17) is 4.74 Å². The number of nitro benzene ring substituents is 1. The average molecular weight is 517 g/mol. The summed E-state index contributed by atoms with van der Waals surface area (Å²) < 4.78 is 5.34. The van der Waals surface area contributed by atoms with Gasteiger partial charge in [-0.25, -0.2) is 14.8 Å². The molecule has 1 saturated heterocycles. The number of carbonyl (C=O) groups is 2. The second kappa shape index (κ2) is 12.1. The van der Waals surface area contributed by atoms with Crippen molar-refractivity contribution < 1.29 is 19.2 Å². The molecule has 0 radical (unpaired) electrons. The van der Waals surface area contributed by atoms with Gasteiger partial charge in [0, 0.05) is 69.9 Å². The van der Waals surface area contributed by atoms with E-state index >= 15 is 0 Å². The highest BCUT2D eigenvalue weighted by Crippen LogP contribution is 2.22. The molecule has 0 spiro atoms. The Morgan fingerprint density at radius 2 is 1.76 bits per heavy atom. The maximum Gasteiger partial charge on any atom is 0.415 e. The van der Waals surface area contributed by atoms with E-state index in [0.717, 1.165) is 16.7 Å². The minimum absolute atomic E-state index is 0.0188. The monoisotopic (exact) mass is 517 g/mol. The zero-order valence-corrected chi connectivity index (χ0v) is 21.2. The average Bonchev–Trinajstić information content (AvgIpc) is 2.94. The summed E-state index contributed by atoms with van der Waals surface area (Å²) in [6.07, 6.45) is 3.03. The Labute approximate surface area is 220 Å². The molecule has 0 atom stereocenters. The van der Waals surface area contributed by atoms with Gasteiger partial charge in [0.15, 0.2) is 7.98 Å². The minimum atomic E-state index is -0.508. The first kappa shape index (κ1) is 26.5. The van der Waals surface area contributed by atoms with Gasteiger partial charge in [-0.05, 0) is 29.3 Å². The molecular weight excluding hydrogens is 489 g/mol. The van der Waals surface area contributed by atoms with Crippen LogP contribution in [0.4, 0.5) is 16.4 Å². The van der Waals surface area contributed by atoms with E-state index in [1.165, 1.54) is 24.3 Å². The van der Waals surface area contributed by atoms with Crippen molar-refractivity contribution in [3.05, 3.63) is 76.6 Å². The molecule has 2 heterocycles. The van der Waals surface area contributed by atoms with Crippen LogP contribution in [0.25, 0.3) is 11.1 Å². The molecule has 1 N–H and O–H groups in total. The fourth-order valence-electron chi connectivity index (χ4n) is 4.02. The Kier molecular flexibility index (Phi) is 8.49. The van der Waals surface area contributed by atoms with Gasteiger partial charge in [0.2, 0.25) is 11.9 Å². The number of hydrogen-bond acceptors (Lipinski definition) is 9. The van der Waals surface area contributed by atoms with Gasteiger partial charge in [-0.15, -0.1) is 0 Å². The van der Waals surface area contributed by atoms with Crippen LogP contribution in [0.15, 0.2) is 60.9 Å². The standard InChI is InChI=1S/C25H28BN7O5/c1-30(23(34)16-29-26)17-18-3-2-4-19(13-18)20-14-27-24(28-15-20)31-9-11-32(12-10-31)25(35)38-22-7-5-21(6-8-22)33(36)37/h2-8,13-15,29H,9-12,16-17,26H2,1H3. The number of rotatable bonds is 8. The van der Waals surface area contributed by atoms with Crippen LogP contribution in [0.2, 0.25) is 0 Å². The van der Waals surface area contributed by atoms with E-state index < -0.39 is 11.0 Å². The number of aromatic nitrogens is 2. The second-order valence-electron chi connectivity index (χ2n) is 8.85. The van der Waals surface area contributed by atoms with Crippen LogP contribution in [0.5, 0.6) is 5.75 Å². The highest BCUT2D eigenvalue weighted by Gasteiger charge is 2.24. The fourth-order valence-corrected chi connectivity index (χ4v) is 4.02. The first-order valence-corrected chi connectivity index (χ1v) is 12.1. The van der Waals surface area contributed by atoms with Crippen LogP contribution in [0.1, 0.15) is 5.56 Å². The number of nitrogens with zero attached hydrogens (tertiary/aromatic N) is 6. The maximum atomic E-state index is 12.5. The summed E-state index contributed by atoms with van der Waals surface area (Å²) in [5.41, 5.74) is 2.77. The summed E-state index contributed by atoms with van der Waals surface area (Å²) in [4.78, 5) is 49.1. The zero-order chi connectivity index (χ0) is 27.1. The van der Waals surface area contributed by atoms with Gasteiger partial charge in [0.1, 0.15) is 5.75 Å². The molecule has 3 aromatic rings. The van der Waals surface area contributed by atoms with Gasteiger partial charge >= 0.3 is 6.09 Å². The molecular formula is C25H28BN7O5. The topological polar surface area (TPSA) is 134 Å². The van der Waals surface area contributed by atoms with Crippen molar-refractivity contribution >= 4 is 31.6 Å². The summed E-state index contributed by atoms with van der Waals surface area (Å²) >= 11 is 0. The van der Waals surface area contributed by atoms with Crippen LogP contribution in [-0.2, 0) is 11.3 Å². The smallest absolute Gasteiger partial charge is 0.410 e. The van der Waals surface area contributed by atoms with Crippen LogP contribution in [0.3, 0.4) is 0 Å². The molecule has 1 fully saturated rings. The van der Waals surface area contributed by atoms with Gasteiger partial charge in [-0.2, -0.15) is 0 Å². The lowest BCUT2D eigenvalue weighted by Crippen LogP contribution is -2.50. The number of hydrogen-bond donors (Lipinski definition) is 1. The number of ether oxygens (including phenoxy) is 1. The maximum absolute atomic E-state index is 12.5. The van der Waals surface area contributed by atoms with Gasteiger partial charge in [0.05, 0.1) is 11.5 Å².